The second-order valence-corrected chi connectivity index (χ2v) is 10.6. The lowest BCUT2D eigenvalue weighted by atomic mass is 10.2. The number of carbonyl (C=O) groups is 1. The normalized spacial score (nSPS) is 12.7. The number of nitrogens with one attached hydrogen (secondary N) is 1. The Morgan fingerprint density at radius 2 is 1.64 bits per heavy atom. The van der Waals surface area contributed by atoms with Crippen molar-refractivity contribution >= 4 is 43.5 Å². The highest BCUT2D eigenvalue weighted by Crippen LogP contribution is 2.32. The Kier molecular flexibility index (Phi) is 7.23. The average Bonchev–Trinajstić information content (AvgIpc) is 3.27. The number of hydrogen-bond acceptors (Lipinski definition) is 5. The largest absolute Gasteiger partial charge is 0.454 e. The Bertz CT molecular complexity index is 1250. The monoisotopic (exact) mass is 550 g/mol. The van der Waals surface area contributed by atoms with Crippen LogP contribution in [-0.2, 0) is 27.9 Å². The minimum atomic E-state index is -3.93. The van der Waals surface area contributed by atoms with Crippen LogP contribution in [0.4, 0.5) is 0 Å². The van der Waals surface area contributed by atoms with Gasteiger partial charge >= 0.3 is 0 Å². The summed E-state index contributed by atoms with van der Waals surface area (Å²) in [6.45, 7) is 0.0693. The van der Waals surface area contributed by atoms with Crippen molar-refractivity contribution in [3.8, 4) is 11.5 Å². The molecule has 4 rings (SSSR count). The van der Waals surface area contributed by atoms with Crippen LogP contribution in [0.2, 0.25) is 5.02 Å². The van der Waals surface area contributed by atoms with Gasteiger partial charge in [0.2, 0.25) is 22.7 Å². The lowest BCUT2D eigenvalue weighted by Crippen LogP contribution is -2.40. The van der Waals surface area contributed by atoms with Crippen molar-refractivity contribution < 1.29 is 22.7 Å². The molecule has 0 saturated heterocycles. The molecule has 0 spiro atoms. The van der Waals surface area contributed by atoms with Gasteiger partial charge in [-0.1, -0.05) is 45.7 Å². The molecule has 1 heterocycles. The number of amides is 1. The van der Waals surface area contributed by atoms with Crippen molar-refractivity contribution in [3.05, 3.63) is 87.4 Å². The molecule has 0 aliphatic carbocycles. The first-order valence-corrected chi connectivity index (χ1v) is 12.6. The van der Waals surface area contributed by atoms with Crippen molar-refractivity contribution in [2.75, 3.05) is 13.3 Å². The van der Waals surface area contributed by atoms with Crippen LogP contribution in [0.25, 0.3) is 0 Å². The molecule has 33 heavy (non-hydrogen) atoms. The van der Waals surface area contributed by atoms with E-state index < -0.39 is 15.9 Å². The van der Waals surface area contributed by atoms with Gasteiger partial charge in [-0.2, -0.15) is 4.31 Å². The van der Waals surface area contributed by atoms with E-state index in [4.69, 9.17) is 21.1 Å². The van der Waals surface area contributed by atoms with Crippen molar-refractivity contribution in [2.24, 2.45) is 0 Å². The number of carbonyl (C=O) groups excluding carboxylic acids is 1. The quantitative estimate of drug-likeness (QED) is 0.450. The molecular weight excluding hydrogens is 532 g/mol. The van der Waals surface area contributed by atoms with Crippen molar-refractivity contribution in [3.63, 3.8) is 0 Å². The highest BCUT2D eigenvalue weighted by atomic mass is 79.9. The Balaban J connectivity index is 1.50. The van der Waals surface area contributed by atoms with E-state index in [9.17, 15) is 13.2 Å². The van der Waals surface area contributed by atoms with Crippen LogP contribution in [0.3, 0.4) is 0 Å². The summed E-state index contributed by atoms with van der Waals surface area (Å²) >= 11 is 9.26. The van der Waals surface area contributed by atoms with Gasteiger partial charge in [0.25, 0.3) is 0 Å². The van der Waals surface area contributed by atoms with E-state index in [1.54, 1.807) is 48.5 Å². The van der Waals surface area contributed by atoms with E-state index >= 15 is 0 Å². The van der Waals surface area contributed by atoms with Crippen LogP contribution in [0.1, 0.15) is 11.1 Å². The molecule has 7 nitrogen and oxygen atoms in total. The van der Waals surface area contributed by atoms with E-state index in [1.165, 1.54) is 12.1 Å². The van der Waals surface area contributed by atoms with Gasteiger partial charge in [-0.3, -0.25) is 4.79 Å². The highest BCUT2D eigenvalue weighted by molar-refractivity contribution is 9.10. The number of rotatable bonds is 8. The minimum Gasteiger partial charge on any atom is -0.454 e. The molecular formula is C23H20BrClN2O5S. The Morgan fingerprint density at radius 1 is 0.970 bits per heavy atom. The summed E-state index contributed by atoms with van der Waals surface area (Å²) in [5.41, 5.74) is 1.52. The van der Waals surface area contributed by atoms with Crippen LogP contribution in [0, 0.1) is 0 Å². The zero-order valence-corrected chi connectivity index (χ0v) is 20.5. The predicted octanol–water partition coefficient (Wildman–Crippen LogP) is 4.34. The zero-order chi connectivity index (χ0) is 23.4. The summed E-state index contributed by atoms with van der Waals surface area (Å²) in [6, 6.07) is 18.5. The van der Waals surface area contributed by atoms with Crippen molar-refractivity contribution in [1.29, 1.82) is 0 Å². The maximum atomic E-state index is 13.3. The molecule has 0 bridgehead atoms. The number of halogens is 2. The van der Waals surface area contributed by atoms with E-state index in [1.807, 2.05) is 6.07 Å². The molecule has 0 radical (unpaired) electrons. The van der Waals surface area contributed by atoms with E-state index in [-0.39, 0.29) is 31.3 Å². The second-order valence-electron chi connectivity index (χ2n) is 7.32. The topological polar surface area (TPSA) is 84.9 Å². The molecule has 0 fully saturated rings. The van der Waals surface area contributed by atoms with Gasteiger partial charge in [-0.25, -0.2) is 8.42 Å². The summed E-state index contributed by atoms with van der Waals surface area (Å²) in [6.07, 6.45) is 0. The third-order valence-electron chi connectivity index (χ3n) is 4.97. The van der Waals surface area contributed by atoms with Gasteiger partial charge in [0, 0.05) is 22.6 Å². The molecule has 1 aliphatic rings. The van der Waals surface area contributed by atoms with Gasteiger partial charge in [0.1, 0.15) is 0 Å². The van der Waals surface area contributed by atoms with Gasteiger partial charge in [0.05, 0.1) is 11.4 Å². The summed E-state index contributed by atoms with van der Waals surface area (Å²) in [5, 5.41) is 3.32. The van der Waals surface area contributed by atoms with E-state index in [0.29, 0.717) is 22.1 Å². The molecule has 0 atom stereocenters. The van der Waals surface area contributed by atoms with Crippen LogP contribution in [0.5, 0.6) is 11.5 Å². The fraction of sp³-hybridized carbons (Fsp3) is 0.174. The summed E-state index contributed by atoms with van der Waals surface area (Å²) in [4.78, 5) is 12.8. The predicted molar refractivity (Wildman–Crippen MR) is 128 cm³/mol. The Hall–Kier alpha value is -2.59. The standard InChI is InChI=1S/C23H20BrClN2O5S/c24-18-4-8-20(9-5-18)33(29,30)27(13-16-1-6-19(25)7-2-16)14-23(28)26-12-17-3-10-21-22(11-17)32-15-31-21/h1-11H,12-15H2,(H,26,28). The van der Waals surface area contributed by atoms with Gasteiger partial charge in [0.15, 0.2) is 11.5 Å². The van der Waals surface area contributed by atoms with Gasteiger partial charge in [-0.05, 0) is 59.7 Å². The molecule has 0 saturated carbocycles. The summed E-state index contributed by atoms with van der Waals surface area (Å²) in [5.74, 6) is 0.839. The van der Waals surface area contributed by atoms with Crippen molar-refractivity contribution in [2.45, 2.75) is 18.0 Å². The molecule has 0 unspecified atom stereocenters. The SMILES string of the molecule is O=C(CN(Cc1ccc(Cl)cc1)S(=O)(=O)c1ccc(Br)cc1)NCc1ccc2c(c1)OCO2. The number of fused-ring (bicyclic) bond motifs is 1. The average molecular weight is 552 g/mol. The molecule has 172 valence electrons. The molecule has 1 N–H and O–H groups in total. The molecule has 10 heteroatoms. The van der Waals surface area contributed by atoms with Crippen molar-refractivity contribution in [1.82, 2.24) is 9.62 Å². The first kappa shape index (κ1) is 23.6. The van der Waals surface area contributed by atoms with Gasteiger partial charge < -0.3 is 14.8 Å². The van der Waals surface area contributed by atoms with Crippen LogP contribution >= 0.6 is 27.5 Å². The molecule has 3 aromatic rings. The molecule has 3 aromatic carbocycles. The smallest absolute Gasteiger partial charge is 0.243 e. The first-order valence-electron chi connectivity index (χ1n) is 9.97. The fourth-order valence-electron chi connectivity index (χ4n) is 3.24. The third kappa shape index (κ3) is 5.86. The number of sulfonamides is 1. The maximum Gasteiger partial charge on any atom is 0.243 e. The van der Waals surface area contributed by atoms with Crippen LogP contribution in [-0.4, -0.2) is 32.0 Å². The van der Waals surface area contributed by atoms with Crippen LogP contribution < -0.4 is 14.8 Å². The molecule has 1 aliphatic heterocycles. The summed E-state index contributed by atoms with van der Waals surface area (Å²) in [7, 11) is -3.93. The molecule has 0 aromatic heterocycles. The second kappa shape index (κ2) is 10.1. The van der Waals surface area contributed by atoms with Gasteiger partial charge in [-0.15, -0.1) is 0 Å². The molecule has 1 amide bonds. The van der Waals surface area contributed by atoms with E-state index in [0.717, 1.165) is 14.3 Å². The third-order valence-corrected chi connectivity index (χ3v) is 7.56. The number of nitrogens with zero attached hydrogens (tertiary/aromatic N) is 1. The number of benzene rings is 3. The lowest BCUT2D eigenvalue weighted by molar-refractivity contribution is -0.121. The number of ether oxygens (including phenoxy) is 2. The highest BCUT2D eigenvalue weighted by Gasteiger charge is 2.27. The Morgan fingerprint density at radius 3 is 2.36 bits per heavy atom. The lowest BCUT2D eigenvalue weighted by Gasteiger charge is -2.22. The zero-order valence-electron chi connectivity index (χ0n) is 17.3. The van der Waals surface area contributed by atoms with E-state index in [2.05, 4.69) is 21.2 Å². The minimum absolute atomic E-state index is 0.0208. The van der Waals surface area contributed by atoms with Crippen LogP contribution in [0.15, 0.2) is 76.1 Å². The number of hydrogen-bond donors (Lipinski definition) is 1. The maximum absolute atomic E-state index is 13.3. The Labute approximate surface area is 205 Å². The first-order chi connectivity index (χ1) is 15.8. The fourth-order valence-corrected chi connectivity index (χ4v) is 5.02. The summed E-state index contributed by atoms with van der Waals surface area (Å²) < 4.78 is 39.2.